The lowest BCUT2D eigenvalue weighted by Gasteiger charge is -2.32. The van der Waals surface area contributed by atoms with Crippen molar-refractivity contribution in [1.82, 2.24) is 16.0 Å². The predicted octanol–water partition coefficient (Wildman–Crippen LogP) is 0.191. The predicted molar refractivity (Wildman–Crippen MR) is 71.6 cm³/mol. The van der Waals surface area contributed by atoms with Gasteiger partial charge in [-0.15, -0.1) is 12.4 Å². The van der Waals surface area contributed by atoms with Crippen LogP contribution in [0.15, 0.2) is 0 Å². The molecule has 0 aliphatic carbocycles. The second kappa shape index (κ2) is 6.95. The minimum absolute atomic E-state index is 0. The molecule has 104 valence electrons. The summed E-state index contributed by atoms with van der Waals surface area (Å²) in [6.45, 7) is 3.74. The first kappa shape index (κ1) is 15.2. The molecule has 0 aromatic rings. The van der Waals surface area contributed by atoms with Crippen molar-refractivity contribution in [2.45, 2.75) is 44.7 Å². The van der Waals surface area contributed by atoms with Crippen molar-refractivity contribution >= 4 is 24.2 Å². The molecule has 2 aliphatic rings. The van der Waals surface area contributed by atoms with Crippen LogP contribution >= 0.6 is 12.4 Å². The molecule has 0 radical (unpaired) electrons. The molecular weight excluding hydrogens is 254 g/mol. The van der Waals surface area contributed by atoms with Crippen LogP contribution in [-0.2, 0) is 9.59 Å². The lowest BCUT2D eigenvalue weighted by atomic mass is 9.94. The summed E-state index contributed by atoms with van der Waals surface area (Å²) < 4.78 is 0. The van der Waals surface area contributed by atoms with E-state index >= 15 is 0 Å². The van der Waals surface area contributed by atoms with Crippen molar-refractivity contribution in [2.75, 3.05) is 13.1 Å². The summed E-state index contributed by atoms with van der Waals surface area (Å²) in [7, 11) is 0. The van der Waals surface area contributed by atoms with Gasteiger partial charge in [-0.05, 0) is 32.7 Å². The van der Waals surface area contributed by atoms with Gasteiger partial charge in [-0.3, -0.25) is 9.59 Å². The van der Waals surface area contributed by atoms with Gasteiger partial charge in [0.05, 0.1) is 0 Å². The third-order valence-electron chi connectivity index (χ3n) is 3.71. The van der Waals surface area contributed by atoms with Crippen LogP contribution in [0.25, 0.3) is 0 Å². The van der Waals surface area contributed by atoms with Gasteiger partial charge in [0.15, 0.2) is 0 Å². The van der Waals surface area contributed by atoms with Crippen LogP contribution in [0.1, 0.15) is 32.6 Å². The van der Waals surface area contributed by atoms with Crippen LogP contribution in [0.4, 0.5) is 0 Å². The summed E-state index contributed by atoms with van der Waals surface area (Å²) in [5.74, 6) is -0.107. The Morgan fingerprint density at radius 3 is 2.78 bits per heavy atom. The normalized spacial score (nSPS) is 32.1. The van der Waals surface area contributed by atoms with Gasteiger partial charge in [-0.1, -0.05) is 0 Å². The van der Waals surface area contributed by atoms with Gasteiger partial charge >= 0.3 is 0 Å². The Labute approximate surface area is 114 Å². The molecule has 0 aromatic heterocycles. The minimum Gasteiger partial charge on any atom is -0.356 e. The molecule has 5 nitrogen and oxygen atoms in total. The summed E-state index contributed by atoms with van der Waals surface area (Å²) in [6.07, 6.45) is 3.21. The van der Waals surface area contributed by atoms with Gasteiger partial charge in [0.1, 0.15) is 0 Å². The van der Waals surface area contributed by atoms with E-state index in [1.807, 2.05) is 0 Å². The lowest BCUT2D eigenvalue weighted by molar-refractivity contribution is -0.133. The molecule has 2 heterocycles. The maximum Gasteiger partial charge on any atom is 0.223 e. The molecule has 0 aromatic carbocycles. The van der Waals surface area contributed by atoms with E-state index in [4.69, 9.17) is 0 Å². The van der Waals surface area contributed by atoms with Crippen LogP contribution in [0, 0.1) is 5.92 Å². The van der Waals surface area contributed by atoms with E-state index in [2.05, 4.69) is 22.9 Å². The summed E-state index contributed by atoms with van der Waals surface area (Å²) in [6, 6.07) is 0.534. The van der Waals surface area contributed by atoms with E-state index < -0.39 is 0 Å². The maximum absolute atomic E-state index is 12.0. The van der Waals surface area contributed by atoms with Crippen LogP contribution in [-0.4, -0.2) is 37.0 Å². The molecular formula is C12H22ClN3O2. The maximum atomic E-state index is 12.0. The molecule has 3 N–H and O–H groups in total. The molecule has 2 aliphatic heterocycles. The van der Waals surface area contributed by atoms with Gasteiger partial charge in [-0.2, -0.15) is 0 Å². The number of carbonyl (C=O) groups is 2. The Hall–Kier alpha value is -0.810. The quantitative estimate of drug-likeness (QED) is 0.674. The summed E-state index contributed by atoms with van der Waals surface area (Å²) in [5, 5.41) is 9.18. The first-order valence-corrected chi connectivity index (χ1v) is 6.47. The monoisotopic (exact) mass is 275 g/mol. The third-order valence-corrected chi connectivity index (χ3v) is 3.71. The Balaban J connectivity index is 0.00000162. The zero-order valence-electron chi connectivity index (χ0n) is 10.7. The first-order valence-electron chi connectivity index (χ1n) is 6.47. The SMILES string of the molecule is CC1NCCCC1NC(=O)C1CCNC(=O)C1.Cl. The highest BCUT2D eigenvalue weighted by Crippen LogP contribution is 2.15. The molecule has 2 fully saturated rings. The second-order valence-corrected chi connectivity index (χ2v) is 5.04. The number of hydrogen-bond acceptors (Lipinski definition) is 3. The van der Waals surface area contributed by atoms with Crippen LogP contribution in [0.2, 0.25) is 0 Å². The molecule has 18 heavy (non-hydrogen) atoms. The highest BCUT2D eigenvalue weighted by molar-refractivity contribution is 5.87. The van der Waals surface area contributed by atoms with Gasteiger partial charge < -0.3 is 16.0 Å². The number of amides is 2. The standard InChI is InChI=1S/C12H21N3O2.ClH/c1-8-10(3-2-5-13-8)15-12(17)9-4-6-14-11(16)7-9;/h8-10,13H,2-7H2,1H3,(H,14,16)(H,15,17);1H. The van der Waals surface area contributed by atoms with Gasteiger partial charge in [0.2, 0.25) is 11.8 Å². The molecule has 2 saturated heterocycles. The molecule has 3 unspecified atom stereocenters. The number of carbonyl (C=O) groups excluding carboxylic acids is 2. The zero-order chi connectivity index (χ0) is 12.3. The Bertz CT molecular complexity index is 312. The lowest BCUT2D eigenvalue weighted by Crippen LogP contribution is -2.54. The van der Waals surface area contributed by atoms with Crippen LogP contribution in [0.3, 0.4) is 0 Å². The zero-order valence-corrected chi connectivity index (χ0v) is 11.5. The fraction of sp³-hybridized carbons (Fsp3) is 0.833. The Morgan fingerprint density at radius 2 is 2.11 bits per heavy atom. The van der Waals surface area contributed by atoms with E-state index in [0.717, 1.165) is 25.8 Å². The van der Waals surface area contributed by atoms with E-state index in [-0.39, 0.29) is 36.2 Å². The van der Waals surface area contributed by atoms with E-state index in [1.54, 1.807) is 0 Å². The Kier molecular flexibility index (Phi) is 5.88. The van der Waals surface area contributed by atoms with E-state index in [0.29, 0.717) is 19.0 Å². The third kappa shape index (κ3) is 3.85. The average molecular weight is 276 g/mol. The minimum atomic E-state index is -0.141. The van der Waals surface area contributed by atoms with E-state index in [9.17, 15) is 9.59 Å². The van der Waals surface area contributed by atoms with Crippen molar-refractivity contribution < 1.29 is 9.59 Å². The second-order valence-electron chi connectivity index (χ2n) is 5.04. The highest BCUT2D eigenvalue weighted by atomic mass is 35.5. The Morgan fingerprint density at radius 1 is 1.33 bits per heavy atom. The van der Waals surface area contributed by atoms with Crippen molar-refractivity contribution in [3.63, 3.8) is 0 Å². The first-order chi connectivity index (χ1) is 8.16. The molecule has 6 heteroatoms. The molecule has 0 spiro atoms. The average Bonchev–Trinajstić information content (AvgIpc) is 2.32. The van der Waals surface area contributed by atoms with Gasteiger partial charge in [0, 0.05) is 31.0 Å². The van der Waals surface area contributed by atoms with Gasteiger partial charge in [-0.25, -0.2) is 0 Å². The van der Waals surface area contributed by atoms with Gasteiger partial charge in [0.25, 0.3) is 0 Å². The molecule has 0 saturated carbocycles. The van der Waals surface area contributed by atoms with Crippen molar-refractivity contribution in [3.05, 3.63) is 0 Å². The fourth-order valence-corrected chi connectivity index (χ4v) is 2.55. The fourth-order valence-electron chi connectivity index (χ4n) is 2.55. The topological polar surface area (TPSA) is 70.2 Å². The molecule has 0 bridgehead atoms. The molecule has 2 amide bonds. The largest absolute Gasteiger partial charge is 0.356 e. The van der Waals surface area contributed by atoms with Crippen molar-refractivity contribution in [1.29, 1.82) is 0 Å². The highest BCUT2D eigenvalue weighted by Gasteiger charge is 2.29. The molecule has 3 atom stereocenters. The van der Waals surface area contributed by atoms with Crippen molar-refractivity contribution in [2.24, 2.45) is 5.92 Å². The number of hydrogen-bond donors (Lipinski definition) is 3. The number of rotatable bonds is 2. The number of piperidine rings is 2. The van der Waals surface area contributed by atoms with E-state index in [1.165, 1.54) is 0 Å². The summed E-state index contributed by atoms with van der Waals surface area (Å²) in [4.78, 5) is 23.3. The number of nitrogens with one attached hydrogen (secondary N) is 3. The van der Waals surface area contributed by atoms with Crippen molar-refractivity contribution in [3.8, 4) is 0 Å². The molecule has 2 rings (SSSR count). The number of halogens is 1. The smallest absolute Gasteiger partial charge is 0.223 e. The van der Waals surface area contributed by atoms with Crippen LogP contribution in [0.5, 0.6) is 0 Å². The van der Waals surface area contributed by atoms with Crippen LogP contribution < -0.4 is 16.0 Å². The summed E-state index contributed by atoms with van der Waals surface area (Å²) >= 11 is 0. The summed E-state index contributed by atoms with van der Waals surface area (Å²) in [5.41, 5.74) is 0.